The van der Waals surface area contributed by atoms with Crippen LogP contribution in [0.15, 0.2) is 79.1 Å². The molecule has 158 valence electrons. The van der Waals surface area contributed by atoms with Crippen molar-refractivity contribution in [1.82, 2.24) is 10.3 Å². The van der Waals surface area contributed by atoms with Gasteiger partial charge in [0.25, 0.3) is 5.91 Å². The molecule has 3 aromatic rings. The van der Waals surface area contributed by atoms with Crippen LogP contribution in [0.4, 0.5) is 18.9 Å². The van der Waals surface area contributed by atoms with E-state index >= 15 is 0 Å². The summed E-state index contributed by atoms with van der Waals surface area (Å²) in [7, 11) is 0. The highest BCUT2D eigenvalue weighted by atomic mass is 19.4. The second kappa shape index (κ2) is 9.71. The third-order valence-electron chi connectivity index (χ3n) is 4.28. The first-order valence-corrected chi connectivity index (χ1v) is 9.25. The maximum Gasteiger partial charge on any atom is 0.416 e. The Morgan fingerprint density at radius 3 is 2.16 bits per heavy atom. The van der Waals surface area contributed by atoms with Crippen LogP contribution >= 0.6 is 0 Å². The molecule has 0 unspecified atom stereocenters. The molecule has 0 bridgehead atoms. The molecule has 0 radical (unpaired) electrons. The fourth-order valence-electron chi connectivity index (χ4n) is 2.63. The van der Waals surface area contributed by atoms with Gasteiger partial charge in [-0.05, 0) is 65.7 Å². The number of carbonyl (C=O) groups excluding carboxylic acids is 2. The number of aromatic nitrogens is 1. The highest BCUT2D eigenvalue weighted by molar-refractivity contribution is 6.02. The van der Waals surface area contributed by atoms with Crippen LogP contribution in [-0.2, 0) is 17.5 Å². The highest BCUT2D eigenvalue weighted by Crippen LogP contribution is 2.29. The summed E-state index contributed by atoms with van der Waals surface area (Å²) in [5.41, 5.74) is 1.52. The number of hydrogen-bond acceptors (Lipinski definition) is 3. The molecule has 8 heteroatoms. The predicted molar refractivity (Wildman–Crippen MR) is 111 cm³/mol. The lowest BCUT2D eigenvalue weighted by molar-refractivity contribution is -0.137. The van der Waals surface area contributed by atoms with Crippen molar-refractivity contribution in [3.8, 4) is 0 Å². The van der Waals surface area contributed by atoms with E-state index in [2.05, 4.69) is 15.6 Å². The number of carbonyl (C=O) groups is 2. The van der Waals surface area contributed by atoms with E-state index in [4.69, 9.17) is 0 Å². The van der Waals surface area contributed by atoms with Gasteiger partial charge in [0.15, 0.2) is 0 Å². The molecule has 1 heterocycles. The number of hydrogen-bond donors (Lipinski definition) is 2. The van der Waals surface area contributed by atoms with Crippen molar-refractivity contribution in [2.45, 2.75) is 12.7 Å². The number of nitrogens with one attached hydrogen (secondary N) is 2. The van der Waals surface area contributed by atoms with Gasteiger partial charge in [0.1, 0.15) is 0 Å². The maximum absolute atomic E-state index is 12.6. The lowest BCUT2D eigenvalue weighted by Gasteiger charge is -2.09. The Morgan fingerprint density at radius 1 is 0.903 bits per heavy atom. The summed E-state index contributed by atoms with van der Waals surface area (Å²) in [6.45, 7) is 0.0925. The van der Waals surface area contributed by atoms with Crippen molar-refractivity contribution in [2.75, 3.05) is 5.32 Å². The summed E-state index contributed by atoms with van der Waals surface area (Å²) < 4.78 is 37.8. The third kappa shape index (κ3) is 6.53. The number of anilines is 1. The van der Waals surface area contributed by atoms with Crippen LogP contribution in [0.5, 0.6) is 0 Å². The normalized spacial score (nSPS) is 11.3. The van der Waals surface area contributed by atoms with Gasteiger partial charge < -0.3 is 10.6 Å². The molecule has 2 N–H and O–H groups in total. The van der Waals surface area contributed by atoms with E-state index in [9.17, 15) is 22.8 Å². The Morgan fingerprint density at radius 2 is 1.55 bits per heavy atom. The predicted octanol–water partition coefficient (Wildman–Crippen LogP) is 4.68. The zero-order chi connectivity index (χ0) is 22.3. The highest BCUT2D eigenvalue weighted by Gasteiger charge is 2.29. The Hall–Kier alpha value is -3.94. The van der Waals surface area contributed by atoms with Crippen LogP contribution in [0.2, 0.25) is 0 Å². The van der Waals surface area contributed by atoms with Crippen LogP contribution in [0.1, 0.15) is 27.0 Å². The standard InChI is InChI=1S/C23H18F3N3O2/c24-23(25,26)19-6-1-17(2-7-19)15-28-22(31)18-4-8-20(9-5-18)29-21(30)10-3-16-11-13-27-14-12-16/h1-14H,15H2,(H,28,31)(H,29,30)/b10-3+. The molecule has 31 heavy (non-hydrogen) atoms. The first kappa shape index (κ1) is 21.8. The summed E-state index contributed by atoms with van der Waals surface area (Å²) in [4.78, 5) is 28.1. The fourth-order valence-corrected chi connectivity index (χ4v) is 2.63. The first-order chi connectivity index (χ1) is 14.8. The Kier molecular flexibility index (Phi) is 6.81. The van der Waals surface area contributed by atoms with E-state index in [0.717, 1.165) is 17.7 Å². The number of nitrogens with zero attached hydrogens (tertiary/aromatic N) is 1. The molecule has 0 aliphatic heterocycles. The average molecular weight is 425 g/mol. The van der Waals surface area contributed by atoms with Crippen LogP contribution in [-0.4, -0.2) is 16.8 Å². The Bertz CT molecular complexity index is 1060. The number of benzene rings is 2. The second-order valence-corrected chi connectivity index (χ2v) is 6.56. The minimum absolute atomic E-state index is 0.0925. The van der Waals surface area contributed by atoms with E-state index < -0.39 is 11.7 Å². The summed E-state index contributed by atoms with van der Waals surface area (Å²) in [6.07, 6.45) is 1.89. The molecular weight excluding hydrogens is 407 g/mol. The molecule has 0 atom stereocenters. The lowest BCUT2D eigenvalue weighted by atomic mass is 10.1. The summed E-state index contributed by atoms with van der Waals surface area (Å²) >= 11 is 0. The zero-order valence-corrected chi connectivity index (χ0v) is 16.2. The van der Waals surface area contributed by atoms with E-state index in [0.29, 0.717) is 16.8 Å². The summed E-state index contributed by atoms with van der Waals surface area (Å²) in [5.74, 6) is -0.702. The molecule has 0 aliphatic rings. The number of alkyl halides is 3. The maximum atomic E-state index is 12.6. The average Bonchev–Trinajstić information content (AvgIpc) is 2.77. The topological polar surface area (TPSA) is 71.1 Å². The Labute approximate surface area is 176 Å². The van der Waals surface area contributed by atoms with Crippen molar-refractivity contribution in [3.05, 3.63) is 101 Å². The number of halogens is 3. The molecular formula is C23H18F3N3O2. The summed E-state index contributed by atoms with van der Waals surface area (Å²) in [6, 6.07) is 14.4. The molecule has 0 fully saturated rings. The van der Waals surface area contributed by atoms with Crippen LogP contribution in [0.3, 0.4) is 0 Å². The molecule has 2 aromatic carbocycles. The third-order valence-corrected chi connectivity index (χ3v) is 4.28. The quantitative estimate of drug-likeness (QED) is 0.564. The van der Waals surface area contributed by atoms with Crippen LogP contribution in [0.25, 0.3) is 6.08 Å². The van der Waals surface area contributed by atoms with Gasteiger partial charge in [-0.15, -0.1) is 0 Å². The number of pyridine rings is 1. The van der Waals surface area contributed by atoms with Crippen molar-refractivity contribution in [3.63, 3.8) is 0 Å². The van der Waals surface area contributed by atoms with Gasteiger partial charge in [-0.3, -0.25) is 14.6 Å². The van der Waals surface area contributed by atoms with Gasteiger partial charge in [-0.25, -0.2) is 0 Å². The molecule has 1 aromatic heterocycles. The van der Waals surface area contributed by atoms with E-state index in [-0.39, 0.29) is 18.4 Å². The van der Waals surface area contributed by atoms with Crippen molar-refractivity contribution < 1.29 is 22.8 Å². The first-order valence-electron chi connectivity index (χ1n) is 9.25. The molecule has 0 aliphatic carbocycles. The van der Waals surface area contributed by atoms with Gasteiger partial charge in [-0.1, -0.05) is 12.1 Å². The minimum atomic E-state index is -4.40. The number of rotatable bonds is 6. The number of amides is 2. The monoisotopic (exact) mass is 425 g/mol. The van der Waals surface area contributed by atoms with E-state index in [1.807, 2.05) is 0 Å². The Balaban J connectivity index is 1.51. The molecule has 5 nitrogen and oxygen atoms in total. The van der Waals surface area contributed by atoms with Crippen LogP contribution in [0, 0.1) is 0 Å². The molecule has 0 saturated carbocycles. The second-order valence-electron chi connectivity index (χ2n) is 6.56. The molecule has 0 saturated heterocycles. The summed E-state index contributed by atoms with van der Waals surface area (Å²) in [5, 5.41) is 5.34. The van der Waals surface area contributed by atoms with Gasteiger partial charge in [0.05, 0.1) is 5.56 Å². The SMILES string of the molecule is O=C(/C=C/c1ccncc1)Nc1ccc(C(=O)NCc2ccc(C(F)(F)F)cc2)cc1. The van der Waals surface area contributed by atoms with Gasteiger partial charge in [0, 0.05) is 36.3 Å². The van der Waals surface area contributed by atoms with Crippen molar-refractivity contribution in [2.24, 2.45) is 0 Å². The molecule has 3 rings (SSSR count). The van der Waals surface area contributed by atoms with E-state index in [1.54, 1.807) is 54.9 Å². The molecule has 0 spiro atoms. The van der Waals surface area contributed by atoms with Crippen molar-refractivity contribution >= 4 is 23.6 Å². The lowest BCUT2D eigenvalue weighted by Crippen LogP contribution is -2.22. The smallest absolute Gasteiger partial charge is 0.348 e. The largest absolute Gasteiger partial charge is 0.416 e. The van der Waals surface area contributed by atoms with Gasteiger partial charge >= 0.3 is 6.18 Å². The fraction of sp³-hybridized carbons (Fsp3) is 0.0870. The minimum Gasteiger partial charge on any atom is -0.348 e. The van der Waals surface area contributed by atoms with Gasteiger partial charge in [0.2, 0.25) is 5.91 Å². The van der Waals surface area contributed by atoms with E-state index in [1.165, 1.54) is 18.2 Å². The van der Waals surface area contributed by atoms with Gasteiger partial charge in [-0.2, -0.15) is 13.2 Å². The van der Waals surface area contributed by atoms with Crippen molar-refractivity contribution in [1.29, 1.82) is 0 Å². The zero-order valence-electron chi connectivity index (χ0n) is 16.2. The van der Waals surface area contributed by atoms with Crippen LogP contribution < -0.4 is 10.6 Å². The molecule has 2 amide bonds.